The Morgan fingerprint density at radius 3 is 2.55 bits per heavy atom. The first-order valence-electron chi connectivity index (χ1n) is 10.4. The van der Waals surface area contributed by atoms with Gasteiger partial charge in [-0.15, -0.1) is 0 Å². The highest BCUT2D eigenvalue weighted by atomic mass is 16.2. The molecule has 0 radical (unpaired) electrons. The number of pyridine rings is 1. The van der Waals surface area contributed by atoms with E-state index < -0.39 is 0 Å². The van der Waals surface area contributed by atoms with Crippen molar-refractivity contribution in [3.05, 3.63) is 47.7 Å². The van der Waals surface area contributed by atoms with E-state index in [0.717, 1.165) is 40.8 Å². The number of fused-ring (bicyclic) bond motifs is 3. The van der Waals surface area contributed by atoms with E-state index >= 15 is 0 Å². The van der Waals surface area contributed by atoms with Gasteiger partial charge in [-0.05, 0) is 38.7 Å². The van der Waals surface area contributed by atoms with Gasteiger partial charge in [-0.25, -0.2) is 4.98 Å². The zero-order valence-electron chi connectivity index (χ0n) is 17.2. The second-order valence-corrected chi connectivity index (χ2v) is 8.51. The first-order chi connectivity index (χ1) is 14.0. The minimum absolute atomic E-state index is 0.0666. The number of amides is 1. The summed E-state index contributed by atoms with van der Waals surface area (Å²) in [6.07, 6.45) is 4.51. The molecular weight excluding hydrogens is 362 g/mol. The second-order valence-electron chi connectivity index (χ2n) is 8.51. The molecule has 1 aromatic carbocycles. The van der Waals surface area contributed by atoms with Gasteiger partial charge in [0, 0.05) is 37.8 Å². The van der Waals surface area contributed by atoms with Crippen LogP contribution < -0.4 is 5.32 Å². The van der Waals surface area contributed by atoms with Gasteiger partial charge in [0.25, 0.3) is 5.91 Å². The van der Waals surface area contributed by atoms with E-state index in [1.54, 1.807) is 4.68 Å². The molecule has 0 aliphatic carbocycles. The van der Waals surface area contributed by atoms with Crippen molar-refractivity contribution in [1.29, 1.82) is 0 Å². The molecule has 6 heteroatoms. The number of carbonyl (C=O) groups is 1. The average Bonchev–Trinajstić information content (AvgIpc) is 3.24. The van der Waals surface area contributed by atoms with Crippen LogP contribution in [0.1, 0.15) is 41.7 Å². The molecule has 6 nitrogen and oxygen atoms in total. The lowest BCUT2D eigenvalue weighted by molar-refractivity contribution is 0.0683. The van der Waals surface area contributed by atoms with Crippen molar-refractivity contribution in [3.63, 3.8) is 0 Å². The molecule has 1 amide bonds. The number of nitrogens with one attached hydrogen (secondary N) is 1. The summed E-state index contributed by atoms with van der Waals surface area (Å²) in [6, 6.07) is 13.4. The summed E-state index contributed by atoms with van der Waals surface area (Å²) in [7, 11) is 3.84. The molecule has 2 atom stereocenters. The third-order valence-corrected chi connectivity index (χ3v) is 6.58. The summed E-state index contributed by atoms with van der Waals surface area (Å²) in [5, 5.41) is 9.07. The molecule has 29 heavy (non-hydrogen) atoms. The monoisotopic (exact) mass is 389 g/mol. The predicted octanol–water partition coefficient (Wildman–Crippen LogP) is 3.30. The molecule has 2 aliphatic heterocycles. The largest absolute Gasteiger partial charge is 0.339 e. The highest BCUT2D eigenvalue weighted by Gasteiger charge is 2.37. The Balaban J connectivity index is 1.58. The molecule has 0 spiro atoms. The number of hydrogen-bond acceptors (Lipinski definition) is 4. The van der Waals surface area contributed by atoms with Gasteiger partial charge in [0.15, 0.2) is 5.65 Å². The van der Waals surface area contributed by atoms with Gasteiger partial charge < -0.3 is 10.2 Å². The average molecular weight is 390 g/mol. The van der Waals surface area contributed by atoms with Gasteiger partial charge in [-0.2, -0.15) is 5.10 Å². The van der Waals surface area contributed by atoms with Crippen molar-refractivity contribution >= 4 is 16.9 Å². The van der Waals surface area contributed by atoms with Crippen LogP contribution in [0.3, 0.4) is 0 Å². The zero-order valence-corrected chi connectivity index (χ0v) is 17.2. The van der Waals surface area contributed by atoms with Crippen LogP contribution in [0.25, 0.3) is 22.3 Å². The van der Waals surface area contributed by atoms with Crippen LogP contribution in [-0.4, -0.2) is 50.7 Å². The third-order valence-electron chi connectivity index (χ3n) is 6.58. The second kappa shape index (κ2) is 6.95. The smallest absolute Gasteiger partial charge is 0.254 e. The van der Waals surface area contributed by atoms with Gasteiger partial charge in [0.2, 0.25) is 0 Å². The number of benzene rings is 1. The van der Waals surface area contributed by atoms with Gasteiger partial charge in [0.05, 0.1) is 22.3 Å². The van der Waals surface area contributed by atoms with Gasteiger partial charge >= 0.3 is 0 Å². The number of piperidine rings is 1. The summed E-state index contributed by atoms with van der Waals surface area (Å²) in [6.45, 7) is 1.95. The van der Waals surface area contributed by atoms with Gasteiger partial charge in [-0.1, -0.05) is 30.3 Å². The Kier molecular flexibility index (Phi) is 4.39. The van der Waals surface area contributed by atoms with Gasteiger partial charge in [-0.3, -0.25) is 9.48 Å². The van der Waals surface area contributed by atoms with Crippen molar-refractivity contribution in [1.82, 2.24) is 25.0 Å². The molecule has 2 unspecified atom stereocenters. The first kappa shape index (κ1) is 18.3. The third kappa shape index (κ3) is 3.12. The topological polar surface area (TPSA) is 63.1 Å². The first-order valence-corrected chi connectivity index (χ1v) is 10.4. The molecule has 1 N–H and O–H groups in total. The summed E-state index contributed by atoms with van der Waals surface area (Å²) < 4.78 is 1.78. The quantitative estimate of drug-likeness (QED) is 0.747. The summed E-state index contributed by atoms with van der Waals surface area (Å²) in [5.74, 6) is 0.0666. The molecule has 2 aliphatic rings. The zero-order chi connectivity index (χ0) is 20.1. The number of nitrogens with zero attached hydrogens (tertiary/aromatic N) is 4. The lowest BCUT2D eigenvalue weighted by atomic mass is 9.97. The van der Waals surface area contributed by atoms with Crippen LogP contribution in [0, 0.1) is 6.92 Å². The minimum Gasteiger partial charge on any atom is -0.339 e. The molecule has 5 rings (SSSR count). The molecule has 150 valence electrons. The molecule has 2 bridgehead atoms. The number of aryl methyl sites for hydroxylation is 2. The van der Waals surface area contributed by atoms with Crippen molar-refractivity contribution < 1.29 is 4.79 Å². The van der Waals surface area contributed by atoms with Crippen molar-refractivity contribution in [2.45, 2.75) is 50.7 Å². The number of aromatic nitrogens is 3. The van der Waals surface area contributed by atoms with Crippen molar-refractivity contribution in [2.75, 3.05) is 7.05 Å². The molecule has 2 aromatic heterocycles. The van der Waals surface area contributed by atoms with E-state index in [4.69, 9.17) is 4.98 Å². The minimum atomic E-state index is 0.0666. The number of rotatable bonds is 3. The Labute approximate surface area is 170 Å². The fourth-order valence-electron chi connectivity index (χ4n) is 5.07. The Bertz CT molecular complexity index is 1060. The van der Waals surface area contributed by atoms with Crippen molar-refractivity contribution in [2.24, 2.45) is 7.05 Å². The molecule has 2 fully saturated rings. The molecule has 3 aromatic rings. The van der Waals surface area contributed by atoms with Crippen LogP contribution >= 0.6 is 0 Å². The van der Waals surface area contributed by atoms with Crippen LogP contribution in [0.4, 0.5) is 0 Å². The van der Waals surface area contributed by atoms with Crippen LogP contribution in [0.2, 0.25) is 0 Å². The van der Waals surface area contributed by atoms with E-state index in [1.165, 1.54) is 12.8 Å². The molecule has 0 saturated carbocycles. The SMILES string of the molecule is Cc1nn(C)c2nc(-c3ccccc3)cc(C(=O)N(C)C3CC4CCC(C3)N4)c12. The summed E-state index contributed by atoms with van der Waals surface area (Å²) >= 11 is 0. The maximum Gasteiger partial charge on any atom is 0.254 e. The van der Waals surface area contributed by atoms with E-state index in [0.29, 0.717) is 17.6 Å². The Morgan fingerprint density at radius 1 is 1.17 bits per heavy atom. The Morgan fingerprint density at radius 2 is 1.86 bits per heavy atom. The summed E-state index contributed by atoms with van der Waals surface area (Å²) in [4.78, 5) is 20.5. The molecular formula is C23H27N5O. The maximum atomic E-state index is 13.7. The standard InChI is InChI=1S/C23H27N5O/c1-14-21-19(23(29)27(2)18-11-16-9-10-17(12-18)24-16)13-20(15-7-5-4-6-8-15)25-22(21)28(3)26-14/h4-8,13,16-18,24H,9-12H2,1-3H3. The molecule has 4 heterocycles. The van der Waals surface area contributed by atoms with Crippen LogP contribution in [0.15, 0.2) is 36.4 Å². The van der Waals surface area contributed by atoms with Gasteiger partial charge in [0.1, 0.15) is 0 Å². The van der Waals surface area contributed by atoms with E-state index in [-0.39, 0.29) is 11.9 Å². The van der Waals surface area contributed by atoms with Crippen molar-refractivity contribution in [3.8, 4) is 11.3 Å². The normalized spacial score (nSPS) is 23.5. The Hall–Kier alpha value is -2.73. The van der Waals surface area contributed by atoms with Crippen LogP contribution in [0.5, 0.6) is 0 Å². The highest BCUT2D eigenvalue weighted by Crippen LogP contribution is 2.32. The fourth-order valence-corrected chi connectivity index (χ4v) is 5.07. The van der Waals surface area contributed by atoms with Crippen LogP contribution in [-0.2, 0) is 7.05 Å². The number of hydrogen-bond donors (Lipinski definition) is 1. The maximum absolute atomic E-state index is 13.7. The fraction of sp³-hybridized carbons (Fsp3) is 0.435. The van der Waals surface area contributed by atoms with E-state index in [1.807, 2.05) is 62.3 Å². The highest BCUT2D eigenvalue weighted by molar-refractivity contribution is 6.07. The van der Waals surface area contributed by atoms with E-state index in [2.05, 4.69) is 10.4 Å². The lowest BCUT2D eigenvalue weighted by Crippen LogP contribution is -2.48. The van der Waals surface area contributed by atoms with E-state index in [9.17, 15) is 4.79 Å². The lowest BCUT2D eigenvalue weighted by Gasteiger charge is -2.35. The predicted molar refractivity (Wildman–Crippen MR) is 114 cm³/mol. The summed E-state index contributed by atoms with van der Waals surface area (Å²) in [5.41, 5.74) is 4.11. The number of carbonyl (C=O) groups excluding carboxylic acids is 1. The molecule has 2 saturated heterocycles.